The van der Waals surface area contributed by atoms with E-state index >= 15 is 0 Å². The lowest BCUT2D eigenvalue weighted by Crippen LogP contribution is -2.42. The van der Waals surface area contributed by atoms with Crippen molar-refractivity contribution in [2.45, 2.75) is 25.6 Å². The molecule has 0 radical (unpaired) electrons. The first-order valence-corrected chi connectivity index (χ1v) is 6.06. The smallest absolute Gasteiger partial charge is 0.338 e. The Morgan fingerprint density at radius 2 is 2.06 bits per heavy atom. The van der Waals surface area contributed by atoms with Crippen molar-refractivity contribution in [1.29, 1.82) is 0 Å². The second-order valence-electron chi connectivity index (χ2n) is 4.68. The maximum absolute atomic E-state index is 10.6. The van der Waals surface area contributed by atoms with Gasteiger partial charge in [-0.2, -0.15) is 0 Å². The second-order valence-corrected chi connectivity index (χ2v) is 4.68. The Labute approximate surface area is 106 Å². The fourth-order valence-corrected chi connectivity index (χ4v) is 2.08. The first kappa shape index (κ1) is 12.9. The third-order valence-corrected chi connectivity index (χ3v) is 3.21. The lowest BCUT2D eigenvalue weighted by molar-refractivity contribution is -0.0937. The highest BCUT2D eigenvalue weighted by molar-refractivity contribution is 5.70. The average molecular weight is 250 g/mol. The molecule has 1 aliphatic rings. The molecule has 1 aromatic rings. The van der Waals surface area contributed by atoms with E-state index < -0.39 is 6.03 Å². The van der Waals surface area contributed by atoms with Crippen LogP contribution >= 0.6 is 0 Å². The highest BCUT2D eigenvalue weighted by Gasteiger charge is 2.31. The van der Waals surface area contributed by atoms with E-state index in [9.17, 15) is 10.0 Å². The minimum atomic E-state index is -0.802. The predicted octanol–water partition coefficient (Wildman–Crippen LogP) is 1.75. The number of hydrogen-bond donors (Lipinski definition) is 2. The highest BCUT2D eigenvalue weighted by atomic mass is 16.5. The number of rotatable bonds is 5. The molecule has 0 aliphatic heterocycles. The topological polar surface area (TPSA) is 75.8 Å². The fraction of sp³-hybridized carbons (Fsp3) is 0.462. The van der Waals surface area contributed by atoms with E-state index in [0.717, 1.165) is 18.4 Å². The van der Waals surface area contributed by atoms with Crippen molar-refractivity contribution in [3.8, 4) is 0 Å². The average Bonchev–Trinajstić information content (AvgIpc) is 2.32. The minimum absolute atomic E-state index is 0.219. The lowest BCUT2D eigenvalue weighted by Gasteiger charge is -2.36. The number of urea groups is 1. The molecule has 18 heavy (non-hydrogen) atoms. The molecule has 1 aliphatic carbocycles. The maximum Gasteiger partial charge on any atom is 0.338 e. The first-order chi connectivity index (χ1) is 8.65. The van der Waals surface area contributed by atoms with Crippen LogP contribution in [-0.4, -0.2) is 29.0 Å². The number of hydroxylamine groups is 2. The fourth-order valence-electron chi connectivity index (χ4n) is 2.08. The number of hydrogen-bond acceptors (Lipinski definition) is 3. The van der Waals surface area contributed by atoms with Crippen LogP contribution in [0.25, 0.3) is 0 Å². The van der Waals surface area contributed by atoms with Gasteiger partial charge in [0.25, 0.3) is 0 Å². The molecule has 5 nitrogen and oxygen atoms in total. The van der Waals surface area contributed by atoms with Crippen molar-refractivity contribution in [2.24, 2.45) is 11.7 Å². The summed E-state index contributed by atoms with van der Waals surface area (Å²) in [4.78, 5) is 10.6. The molecule has 0 aromatic heterocycles. The summed E-state index contributed by atoms with van der Waals surface area (Å²) >= 11 is 0. The van der Waals surface area contributed by atoms with Crippen LogP contribution < -0.4 is 5.73 Å². The highest BCUT2D eigenvalue weighted by Crippen LogP contribution is 2.31. The second kappa shape index (κ2) is 5.84. The van der Waals surface area contributed by atoms with Gasteiger partial charge in [0.1, 0.15) is 0 Å². The lowest BCUT2D eigenvalue weighted by atomic mass is 9.82. The minimum Gasteiger partial charge on any atom is -0.374 e. The number of carbonyl (C=O) groups is 1. The molecule has 0 atom stereocenters. The van der Waals surface area contributed by atoms with Crippen LogP contribution in [0.2, 0.25) is 0 Å². The third-order valence-electron chi connectivity index (χ3n) is 3.21. The van der Waals surface area contributed by atoms with Crippen LogP contribution in [0.4, 0.5) is 4.79 Å². The summed E-state index contributed by atoms with van der Waals surface area (Å²) in [5, 5.41) is 9.74. The van der Waals surface area contributed by atoms with Crippen molar-refractivity contribution in [3.05, 3.63) is 35.9 Å². The molecule has 3 N–H and O–H groups in total. The molecular formula is C13H18N2O3. The van der Waals surface area contributed by atoms with Crippen molar-refractivity contribution >= 4 is 6.03 Å². The first-order valence-electron chi connectivity index (χ1n) is 6.06. The number of benzene rings is 1. The molecule has 0 unspecified atom stereocenters. The van der Waals surface area contributed by atoms with E-state index in [0.29, 0.717) is 18.2 Å². The van der Waals surface area contributed by atoms with Gasteiger partial charge in [0.15, 0.2) is 0 Å². The van der Waals surface area contributed by atoms with Crippen LogP contribution in [0.15, 0.2) is 30.3 Å². The molecule has 5 heteroatoms. The van der Waals surface area contributed by atoms with E-state index in [1.807, 2.05) is 30.3 Å². The largest absolute Gasteiger partial charge is 0.374 e. The summed E-state index contributed by atoms with van der Waals surface area (Å²) in [7, 11) is 0. The molecule has 0 saturated heterocycles. The number of nitrogens with zero attached hydrogens (tertiary/aromatic N) is 1. The summed E-state index contributed by atoms with van der Waals surface area (Å²) in [5.74, 6) is 0.281. The van der Waals surface area contributed by atoms with Crippen LogP contribution in [0.3, 0.4) is 0 Å². The van der Waals surface area contributed by atoms with Gasteiger partial charge in [0, 0.05) is 0 Å². The van der Waals surface area contributed by atoms with Gasteiger partial charge in [-0.25, -0.2) is 9.86 Å². The standard InChI is InChI=1S/C13H18N2O3/c14-13(16)15(17)8-11-6-12(7-11)18-9-10-4-2-1-3-5-10/h1-5,11-12,17H,6-9H2,(H2,14,16)/t11-,12+. The van der Waals surface area contributed by atoms with Gasteiger partial charge in [0.2, 0.25) is 0 Å². The predicted molar refractivity (Wildman–Crippen MR) is 65.8 cm³/mol. The van der Waals surface area contributed by atoms with Gasteiger partial charge in [0.05, 0.1) is 19.3 Å². The number of ether oxygens (including phenoxy) is 1. The van der Waals surface area contributed by atoms with Crippen molar-refractivity contribution in [3.63, 3.8) is 0 Å². The number of nitrogens with two attached hydrogens (primary N) is 1. The van der Waals surface area contributed by atoms with Crippen LogP contribution in [0.5, 0.6) is 0 Å². The zero-order chi connectivity index (χ0) is 13.0. The third kappa shape index (κ3) is 3.45. The zero-order valence-electron chi connectivity index (χ0n) is 10.2. The van der Waals surface area contributed by atoms with Gasteiger partial charge < -0.3 is 10.5 Å². The number of amides is 2. The van der Waals surface area contributed by atoms with Gasteiger partial charge >= 0.3 is 6.03 Å². The van der Waals surface area contributed by atoms with Crippen LogP contribution in [0, 0.1) is 5.92 Å². The zero-order valence-corrected chi connectivity index (χ0v) is 10.2. The number of carbonyl (C=O) groups excluding carboxylic acids is 1. The van der Waals surface area contributed by atoms with E-state index in [1.165, 1.54) is 0 Å². The molecule has 1 fully saturated rings. The maximum atomic E-state index is 10.6. The molecule has 0 heterocycles. The Hall–Kier alpha value is -1.59. The van der Waals surface area contributed by atoms with Crippen LogP contribution in [-0.2, 0) is 11.3 Å². The van der Waals surface area contributed by atoms with E-state index in [2.05, 4.69) is 0 Å². The summed E-state index contributed by atoms with van der Waals surface area (Å²) in [6.45, 7) is 0.900. The van der Waals surface area contributed by atoms with E-state index in [-0.39, 0.29) is 12.0 Å². The van der Waals surface area contributed by atoms with E-state index in [1.54, 1.807) is 0 Å². The van der Waals surface area contributed by atoms with Gasteiger partial charge in [-0.3, -0.25) is 5.21 Å². The van der Waals surface area contributed by atoms with Crippen molar-refractivity contribution in [1.82, 2.24) is 5.06 Å². The van der Waals surface area contributed by atoms with Gasteiger partial charge in [-0.15, -0.1) is 0 Å². The van der Waals surface area contributed by atoms with Gasteiger partial charge in [-0.05, 0) is 24.3 Å². The van der Waals surface area contributed by atoms with Gasteiger partial charge in [-0.1, -0.05) is 30.3 Å². The summed E-state index contributed by atoms with van der Waals surface area (Å²) in [6.07, 6.45) is 1.94. The Bertz CT molecular complexity index is 390. The number of primary amides is 1. The Morgan fingerprint density at radius 1 is 1.39 bits per heavy atom. The quantitative estimate of drug-likeness (QED) is 0.617. The van der Waals surface area contributed by atoms with Crippen molar-refractivity contribution in [2.75, 3.05) is 6.54 Å². The van der Waals surface area contributed by atoms with Crippen LogP contribution in [0.1, 0.15) is 18.4 Å². The molecule has 0 spiro atoms. The SMILES string of the molecule is NC(=O)N(O)C[C@H]1C[C@@H](OCc2ccccc2)C1. The van der Waals surface area contributed by atoms with E-state index in [4.69, 9.17) is 10.5 Å². The molecule has 2 rings (SSSR count). The normalized spacial score (nSPS) is 22.3. The molecule has 1 saturated carbocycles. The summed E-state index contributed by atoms with van der Waals surface area (Å²) in [5.41, 5.74) is 6.09. The summed E-state index contributed by atoms with van der Waals surface area (Å²) < 4.78 is 5.72. The molecule has 0 bridgehead atoms. The Morgan fingerprint density at radius 3 is 2.67 bits per heavy atom. The molecule has 1 aromatic carbocycles. The monoisotopic (exact) mass is 250 g/mol. The molecule has 98 valence electrons. The molecule has 2 amide bonds. The molecular weight excluding hydrogens is 232 g/mol. The van der Waals surface area contributed by atoms with Crippen molar-refractivity contribution < 1.29 is 14.7 Å². The summed E-state index contributed by atoms with van der Waals surface area (Å²) in [6, 6.07) is 9.20. The Kier molecular flexibility index (Phi) is 4.17. The Balaban J connectivity index is 1.63.